The number of piperazine rings is 1. The van der Waals surface area contributed by atoms with E-state index in [0.717, 1.165) is 157 Å². The maximum Gasteiger partial charge on any atom is 0.142 e. The highest BCUT2D eigenvalue weighted by Crippen LogP contribution is 2.39. The number of hydrogen-bond donors (Lipinski definition) is 3. The number of aliphatic hydroxyl groups excluding tert-OH is 1. The second-order valence-corrected chi connectivity index (χ2v) is 42.4. The van der Waals surface area contributed by atoms with Gasteiger partial charge in [0.05, 0.1) is 91.2 Å². The fraction of sp³-hybridized carbons (Fsp3) is 0.520. The smallest absolute Gasteiger partial charge is 0.142 e. The van der Waals surface area contributed by atoms with Gasteiger partial charge in [-0.2, -0.15) is 0 Å². The highest BCUT2D eigenvalue weighted by atomic mass is 35.5. The number of morpholine rings is 1. The van der Waals surface area contributed by atoms with Crippen molar-refractivity contribution < 1.29 is 43.0 Å². The Bertz CT molecular complexity index is 4800. The van der Waals surface area contributed by atoms with E-state index < -0.39 is 0 Å². The molecule has 19 heteroatoms. The second kappa shape index (κ2) is 73.4. The van der Waals surface area contributed by atoms with Crippen molar-refractivity contribution in [1.82, 2.24) is 24.9 Å². The zero-order valence-electron chi connectivity index (χ0n) is 94.7. The molecule has 0 amide bonds. The third-order valence-electron chi connectivity index (χ3n) is 24.2. The number of halogens is 3. The van der Waals surface area contributed by atoms with Gasteiger partial charge in [-0.15, -0.1) is 0 Å². The number of para-hydroxylation sites is 7. The molecule has 2 aliphatic heterocycles. The number of nitrogens with one attached hydrogen (secondary N) is 2. The molecule has 0 spiro atoms. The Hall–Kier alpha value is -8.69. The molecule has 2 fully saturated rings. The number of methoxy groups -OCH3 is 5. The molecule has 800 valence electrons. The van der Waals surface area contributed by atoms with E-state index in [-0.39, 0.29) is 24.9 Å². The lowest BCUT2D eigenvalue weighted by atomic mass is 9.92. The molecule has 0 aliphatic carbocycles. The molecule has 2 saturated heterocycles. The molecular weight excluding hydrogens is 1850 g/mol. The van der Waals surface area contributed by atoms with Crippen molar-refractivity contribution in [2.75, 3.05) is 118 Å². The van der Waals surface area contributed by atoms with Crippen LogP contribution in [0.5, 0.6) is 28.7 Å². The minimum absolute atomic E-state index is 0.0670. The van der Waals surface area contributed by atoms with Crippen LogP contribution >= 0.6 is 34.8 Å². The maximum atomic E-state index is 9.06. The predicted octanol–water partition coefficient (Wildman–Crippen LogP) is 30.8. The average molecular weight is 2040 g/mol. The van der Waals surface area contributed by atoms with Crippen molar-refractivity contribution in [3.8, 4) is 28.7 Å². The highest BCUT2D eigenvalue weighted by Gasteiger charge is 2.33. The number of hydrogen-bond acceptors (Lipinski definition) is 16. The molecule has 12 rings (SSSR count). The van der Waals surface area contributed by atoms with E-state index >= 15 is 0 Å². The van der Waals surface area contributed by atoms with Gasteiger partial charge in [-0.3, -0.25) is 19.6 Å². The molecule has 2 aliphatic rings. The first-order valence-electron chi connectivity index (χ1n) is 52.7. The van der Waals surface area contributed by atoms with Crippen LogP contribution in [-0.2, 0) is 46.6 Å². The fourth-order valence-corrected chi connectivity index (χ4v) is 17.9. The summed E-state index contributed by atoms with van der Waals surface area (Å²) in [6.07, 6.45) is 4.17. The molecule has 0 radical (unpaired) electrons. The minimum Gasteiger partial charge on any atom is -0.496 e. The predicted molar refractivity (Wildman–Crippen MR) is 619 cm³/mol. The number of aryl methyl sites for hydroxylation is 1. The standard InChI is InChI=1S/C19H33NO2.C17H28N2O2.C17H27NO2.C11H17NO.C11H16.C10H12Cl2.C10H13Cl.C10H15NO.C10H15N.C10H14O/c1-14(2)19(17-10-8-9-11-18(17)21-7)22-13-12-20(15(3)4)16(5)6;1-14(2)17(15-6-4-5-7-16(15)21-3)19-10-8-18(9-11-19)12-13-20;1-12(2)17(15-8-6-7-9-16(15)19-5)18-10-13(3)20-14(4)11-18;1-9(2)12(3)10-7-5-6-8-11(10)13-4;1-9(2)8-11-7-5-4-6-10(11)3;1-7(2)6-8-9(11)4-3-5-10(8)12;1-8(2)7-9-5-3-4-6-10(9)11;1-8(2)11-9-6-4-5-7-10(9)12-3;2*1-9(2)11-8-10-6-4-3-5-7-10/h8-11,14-16,19H,12-13H2,1-7H3;4-7,14,17,20H,8-13H2,1-3H3;6-9,12-14,17H,10-11H2,1-5H3;5-9H,1-4H3;4-7,9H,8H2,1-3H3;3-5,7H,6H2,1-2H3;3-6,8H,7H2,1-2H3;4-8,11H,1-3H3;3-7,9,11H,8H2,1-2H3;3-7,9H,8H2,1-2H3. The zero-order valence-corrected chi connectivity index (χ0v) is 96.9. The number of benzene rings is 10. The van der Waals surface area contributed by atoms with E-state index in [2.05, 4.69) is 324 Å². The number of anilines is 2. The molecular formula is C125H190Cl3N7O9. The quantitative estimate of drug-likeness (QED) is 0.0341. The third kappa shape index (κ3) is 51.3. The van der Waals surface area contributed by atoms with Gasteiger partial charge in [-0.25, -0.2) is 0 Å². The normalized spacial score (nSPS) is 14.2. The van der Waals surface area contributed by atoms with E-state index in [1.54, 1.807) is 35.5 Å². The molecule has 0 bridgehead atoms. The van der Waals surface area contributed by atoms with Crippen LogP contribution in [0.25, 0.3) is 0 Å². The molecule has 16 nitrogen and oxygen atoms in total. The summed E-state index contributed by atoms with van der Waals surface area (Å²) in [6.45, 7) is 69.6. The molecule has 10 aromatic rings. The molecule has 0 aromatic heterocycles. The number of nitrogens with zero attached hydrogens (tertiary/aromatic N) is 5. The maximum absolute atomic E-state index is 9.06. The Morgan fingerprint density at radius 2 is 0.812 bits per heavy atom. The van der Waals surface area contributed by atoms with Crippen molar-refractivity contribution in [1.29, 1.82) is 0 Å². The van der Waals surface area contributed by atoms with Crippen LogP contribution in [0.15, 0.2) is 249 Å². The summed E-state index contributed by atoms with van der Waals surface area (Å²) in [7, 11) is 10.7. The van der Waals surface area contributed by atoms with E-state index in [4.69, 9.17) is 77.8 Å². The Morgan fingerprint density at radius 1 is 0.403 bits per heavy atom. The zero-order chi connectivity index (χ0) is 107. The van der Waals surface area contributed by atoms with Gasteiger partial charge < -0.3 is 58.5 Å². The van der Waals surface area contributed by atoms with Gasteiger partial charge in [0.1, 0.15) is 28.7 Å². The van der Waals surface area contributed by atoms with Gasteiger partial charge in [0.25, 0.3) is 0 Å². The number of aliphatic hydroxyl groups is 1. The summed E-state index contributed by atoms with van der Waals surface area (Å²) in [4.78, 5) is 12.1. The van der Waals surface area contributed by atoms with Gasteiger partial charge in [0.15, 0.2) is 0 Å². The molecule has 0 saturated carbocycles. The average Bonchev–Trinajstić information content (AvgIpc) is 0.974. The minimum atomic E-state index is 0.0670. The molecule has 10 aromatic carbocycles. The summed E-state index contributed by atoms with van der Waals surface area (Å²) in [5.41, 5.74) is 13.7. The topological polar surface area (TPSA) is 134 Å². The molecule has 5 atom stereocenters. The Labute approximate surface area is 890 Å². The Morgan fingerprint density at radius 3 is 1.25 bits per heavy atom. The molecule has 5 unspecified atom stereocenters. The van der Waals surface area contributed by atoms with E-state index in [1.165, 1.54) is 45.4 Å². The first-order chi connectivity index (χ1) is 68.6. The SMILES string of the molecule is CC(C)Cc1c(Cl)cccc1Cl.CC(C)Cc1ccccc1Cl.CC(C)NCc1ccccc1.CC(C)OCc1ccccc1.COc1ccccc1C(C(C)C)N1CC(C)OC(C)C1.COc1ccccc1C(C(C)C)N1CCN(CCO)CC1.COc1ccccc1C(OCCN(C(C)C)C(C)C)C(C)C.COc1ccccc1N(C)C(C)C.COc1ccccc1NC(C)C.Cc1ccccc1CC(C)C. The van der Waals surface area contributed by atoms with Crippen LogP contribution in [-0.4, -0.2) is 181 Å². The third-order valence-corrected chi connectivity index (χ3v) is 25.3. The van der Waals surface area contributed by atoms with Gasteiger partial charge >= 0.3 is 0 Å². The number of ether oxygens (including phenoxy) is 8. The highest BCUT2D eigenvalue weighted by molar-refractivity contribution is 6.36. The van der Waals surface area contributed by atoms with Crippen molar-refractivity contribution in [3.05, 3.63) is 314 Å². The fourth-order valence-electron chi connectivity index (χ4n) is 17.1. The van der Waals surface area contributed by atoms with Crippen LogP contribution in [0.2, 0.25) is 15.1 Å². The lowest BCUT2D eigenvalue weighted by Gasteiger charge is -2.42. The van der Waals surface area contributed by atoms with Crippen LogP contribution in [0, 0.1) is 42.4 Å². The van der Waals surface area contributed by atoms with Crippen molar-refractivity contribution in [2.45, 2.75) is 286 Å². The molecule has 3 N–H and O–H groups in total. The van der Waals surface area contributed by atoms with Gasteiger partial charge in [0, 0.05) is 140 Å². The van der Waals surface area contributed by atoms with E-state index in [0.29, 0.717) is 78.0 Å². The summed E-state index contributed by atoms with van der Waals surface area (Å²) < 4.78 is 44.6. The van der Waals surface area contributed by atoms with Crippen molar-refractivity contribution in [3.63, 3.8) is 0 Å². The van der Waals surface area contributed by atoms with Crippen molar-refractivity contribution in [2.24, 2.45) is 35.5 Å². The molecule has 2 heterocycles. The lowest BCUT2D eigenvalue weighted by molar-refractivity contribution is -0.0864. The molecule has 144 heavy (non-hydrogen) atoms. The largest absolute Gasteiger partial charge is 0.496 e. The first-order valence-corrected chi connectivity index (χ1v) is 53.8. The summed E-state index contributed by atoms with van der Waals surface area (Å²) >= 11 is 17.9. The van der Waals surface area contributed by atoms with Crippen LogP contribution in [0.3, 0.4) is 0 Å². The van der Waals surface area contributed by atoms with Gasteiger partial charge in [-0.05, 0) is 239 Å². The lowest BCUT2D eigenvalue weighted by Crippen LogP contribution is -2.49. The summed E-state index contributed by atoms with van der Waals surface area (Å²) in [6, 6.07) is 87.1. The van der Waals surface area contributed by atoms with Crippen LogP contribution in [0.1, 0.15) is 248 Å². The monoisotopic (exact) mass is 2040 g/mol. The van der Waals surface area contributed by atoms with Crippen LogP contribution in [0.4, 0.5) is 11.4 Å². The summed E-state index contributed by atoms with van der Waals surface area (Å²) in [5, 5.41) is 18.2. The Kier molecular flexibility index (Phi) is 66.0. The second-order valence-electron chi connectivity index (χ2n) is 41.1. The van der Waals surface area contributed by atoms with Crippen LogP contribution < -0.4 is 39.2 Å². The van der Waals surface area contributed by atoms with E-state index in [9.17, 15) is 0 Å². The van der Waals surface area contributed by atoms with Gasteiger partial charge in [0.2, 0.25) is 0 Å². The first kappa shape index (κ1) is 129. The summed E-state index contributed by atoms with van der Waals surface area (Å²) in [5.74, 6) is 8.19. The number of β-amino-alcohol motifs (C(OH)–C–C–N with tert-alkyl or cyclic N) is 1. The number of rotatable bonds is 37. The Balaban J connectivity index is 0.000000416. The van der Waals surface area contributed by atoms with E-state index in [1.807, 2.05) is 153 Å². The van der Waals surface area contributed by atoms with Gasteiger partial charge in [-0.1, -0.05) is 320 Å². The van der Waals surface area contributed by atoms with Crippen molar-refractivity contribution >= 4 is 46.2 Å².